The lowest BCUT2D eigenvalue weighted by Gasteiger charge is -2.02. The van der Waals surface area contributed by atoms with Gasteiger partial charge in [-0.15, -0.1) is 0 Å². The molecule has 1 aromatic carbocycles. The zero-order valence-corrected chi connectivity index (χ0v) is 11.8. The van der Waals surface area contributed by atoms with Crippen LogP contribution in [0, 0.1) is 10.1 Å². The van der Waals surface area contributed by atoms with E-state index in [1.165, 1.54) is 24.4 Å². The van der Waals surface area contributed by atoms with Gasteiger partial charge in [0.1, 0.15) is 0 Å². The Kier molecular flexibility index (Phi) is 4.27. The van der Waals surface area contributed by atoms with Crippen molar-refractivity contribution in [3.05, 3.63) is 64.0 Å². The number of nitro benzene ring substituents is 1. The lowest BCUT2D eigenvalue weighted by Crippen LogP contribution is -2.00. The fraction of sp³-hybridized carbons (Fsp3) is 0.200. The van der Waals surface area contributed by atoms with Gasteiger partial charge in [-0.25, -0.2) is 0 Å². The van der Waals surface area contributed by atoms with Crippen LogP contribution in [-0.4, -0.2) is 20.5 Å². The number of non-ortho nitro benzene ring substituents is 1. The molecule has 1 aromatic heterocycles. The van der Waals surface area contributed by atoms with Crippen molar-refractivity contribution in [1.29, 1.82) is 0 Å². The van der Waals surface area contributed by atoms with E-state index in [-0.39, 0.29) is 17.5 Å². The molecule has 0 saturated carbocycles. The molecule has 0 aliphatic carbocycles. The highest BCUT2D eigenvalue weighted by Crippen LogP contribution is 2.14. The number of benzene rings is 1. The summed E-state index contributed by atoms with van der Waals surface area (Å²) in [6.07, 6.45) is 6.15. The van der Waals surface area contributed by atoms with Crippen LogP contribution in [-0.2, 0) is 0 Å². The topological polar surface area (TPSA) is 78.0 Å². The average molecular weight is 285 g/mol. The van der Waals surface area contributed by atoms with Crippen molar-refractivity contribution < 1.29 is 9.72 Å². The first-order chi connectivity index (χ1) is 9.97. The summed E-state index contributed by atoms with van der Waals surface area (Å²) in [6, 6.07) is 6.30. The van der Waals surface area contributed by atoms with E-state index < -0.39 is 4.92 Å². The van der Waals surface area contributed by atoms with Crippen molar-refractivity contribution in [3.63, 3.8) is 0 Å². The van der Waals surface area contributed by atoms with Crippen LogP contribution in [0.3, 0.4) is 0 Å². The van der Waals surface area contributed by atoms with Gasteiger partial charge in [0.05, 0.1) is 16.7 Å². The summed E-state index contributed by atoms with van der Waals surface area (Å²) in [5.74, 6) is -0.187. The molecule has 0 aliphatic rings. The monoisotopic (exact) mass is 285 g/mol. The van der Waals surface area contributed by atoms with Crippen LogP contribution < -0.4 is 0 Å². The largest absolute Gasteiger partial charge is 0.289 e. The first kappa shape index (κ1) is 14.6. The summed E-state index contributed by atoms with van der Waals surface area (Å²) in [5.41, 5.74) is 1.09. The van der Waals surface area contributed by atoms with Crippen LogP contribution in [0.4, 0.5) is 5.69 Å². The van der Waals surface area contributed by atoms with E-state index >= 15 is 0 Å². The molecule has 0 unspecified atom stereocenters. The predicted octanol–water partition coefficient (Wildman–Crippen LogP) is 3.27. The molecule has 0 saturated heterocycles. The maximum Gasteiger partial charge on any atom is 0.270 e. The SMILES string of the molecule is CC(C)n1cc(C(=O)C=Cc2cccc([N+](=O)[O-])c2)cn1. The van der Waals surface area contributed by atoms with E-state index in [9.17, 15) is 14.9 Å². The third-order valence-electron chi connectivity index (χ3n) is 2.92. The van der Waals surface area contributed by atoms with Crippen molar-refractivity contribution in [2.75, 3.05) is 0 Å². The Labute approximate surface area is 121 Å². The number of nitrogens with zero attached hydrogens (tertiary/aromatic N) is 3. The highest BCUT2D eigenvalue weighted by Gasteiger charge is 2.08. The van der Waals surface area contributed by atoms with Gasteiger partial charge in [0, 0.05) is 24.4 Å². The Morgan fingerprint density at radius 1 is 1.43 bits per heavy atom. The minimum atomic E-state index is -0.466. The van der Waals surface area contributed by atoms with Crippen molar-refractivity contribution in [1.82, 2.24) is 9.78 Å². The van der Waals surface area contributed by atoms with E-state index in [2.05, 4.69) is 5.10 Å². The van der Waals surface area contributed by atoms with Gasteiger partial charge >= 0.3 is 0 Å². The molecule has 0 N–H and O–H groups in total. The normalized spacial score (nSPS) is 11.2. The van der Waals surface area contributed by atoms with Crippen molar-refractivity contribution in [2.24, 2.45) is 0 Å². The van der Waals surface area contributed by atoms with E-state index in [1.54, 1.807) is 29.1 Å². The lowest BCUT2D eigenvalue weighted by molar-refractivity contribution is -0.384. The second-order valence-corrected chi connectivity index (χ2v) is 4.85. The predicted molar refractivity (Wildman–Crippen MR) is 79.1 cm³/mol. The summed E-state index contributed by atoms with van der Waals surface area (Å²) < 4.78 is 1.70. The summed E-state index contributed by atoms with van der Waals surface area (Å²) in [4.78, 5) is 22.2. The van der Waals surface area contributed by atoms with Crippen molar-refractivity contribution in [3.8, 4) is 0 Å². The molecule has 2 rings (SSSR count). The molecule has 0 amide bonds. The molecular weight excluding hydrogens is 270 g/mol. The fourth-order valence-electron chi connectivity index (χ4n) is 1.76. The van der Waals surface area contributed by atoms with Crippen molar-refractivity contribution >= 4 is 17.5 Å². The third kappa shape index (κ3) is 3.62. The number of rotatable bonds is 5. The smallest absolute Gasteiger partial charge is 0.270 e. The molecule has 1 heterocycles. The van der Waals surface area contributed by atoms with E-state index in [0.717, 1.165) is 0 Å². The Bertz CT molecular complexity index is 702. The first-order valence-corrected chi connectivity index (χ1v) is 6.48. The Morgan fingerprint density at radius 2 is 2.19 bits per heavy atom. The molecule has 0 fully saturated rings. The van der Waals surface area contributed by atoms with Crippen LogP contribution in [0.5, 0.6) is 0 Å². The highest BCUT2D eigenvalue weighted by molar-refractivity contribution is 6.06. The van der Waals surface area contributed by atoms with Gasteiger partial charge < -0.3 is 0 Å². The van der Waals surface area contributed by atoms with Crippen LogP contribution in [0.25, 0.3) is 6.08 Å². The number of ketones is 1. The number of aromatic nitrogens is 2. The van der Waals surface area contributed by atoms with E-state index in [0.29, 0.717) is 11.1 Å². The van der Waals surface area contributed by atoms with Crippen molar-refractivity contribution in [2.45, 2.75) is 19.9 Å². The number of hydrogen-bond acceptors (Lipinski definition) is 4. The number of nitro groups is 1. The van der Waals surface area contributed by atoms with Gasteiger partial charge in [-0.3, -0.25) is 19.6 Å². The number of hydrogen-bond donors (Lipinski definition) is 0. The maximum absolute atomic E-state index is 12.0. The zero-order chi connectivity index (χ0) is 15.4. The Morgan fingerprint density at radius 3 is 2.81 bits per heavy atom. The second kappa shape index (κ2) is 6.13. The molecule has 21 heavy (non-hydrogen) atoms. The molecule has 0 bridgehead atoms. The molecule has 0 spiro atoms. The Hall–Kier alpha value is -2.76. The van der Waals surface area contributed by atoms with Gasteiger partial charge in [0.15, 0.2) is 5.78 Å². The molecule has 6 nitrogen and oxygen atoms in total. The molecule has 0 radical (unpaired) electrons. The van der Waals surface area contributed by atoms with E-state index in [4.69, 9.17) is 0 Å². The molecular formula is C15H15N3O3. The summed E-state index contributed by atoms with van der Waals surface area (Å²) >= 11 is 0. The maximum atomic E-state index is 12.0. The van der Waals surface area contributed by atoms with Gasteiger partial charge in [-0.05, 0) is 25.5 Å². The quantitative estimate of drug-likeness (QED) is 0.365. The van der Waals surface area contributed by atoms with Gasteiger partial charge in [-0.2, -0.15) is 5.10 Å². The van der Waals surface area contributed by atoms with Gasteiger partial charge in [0.25, 0.3) is 5.69 Å². The minimum Gasteiger partial charge on any atom is -0.289 e. The molecule has 108 valence electrons. The molecule has 2 aromatic rings. The van der Waals surface area contributed by atoms with E-state index in [1.807, 2.05) is 13.8 Å². The number of carbonyl (C=O) groups is 1. The lowest BCUT2D eigenvalue weighted by atomic mass is 10.1. The first-order valence-electron chi connectivity index (χ1n) is 6.48. The average Bonchev–Trinajstić information content (AvgIpc) is 2.95. The minimum absolute atomic E-state index is 0.00257. The van der Waals surface area contributed by atoms with Crippen LogP contribution in [0.15, 0.2) is 42.7 Å². The summed E-state index contributed by atoms with van der Waals surface area (Å²) in [7, 11) is 0. The molecule has 0 atom stereocenters. The van der Waals surface area contributed by atoms with Gasteiger partial charge in [-0.1, -0.05) is 18.2 Å². The third-order valence-corrected chi connectivity index (χ3v) is 2.92. The standard InChI is InChI=1S/C15H15N3O3/c1-11(2)17-10-13(9-16-17)15(19)7-6-12-4-3-5-14(8-12)18(20)21/h3-11H,1-2H3. The summed E-state index contributed by atoms with van der Waals surface area (Å²) in [6.45, 7) is 3.94. The van der Waals surface area contributed by atoms with Crippen LogP contribution in [0.1, 0.15) is 35.8 Å². The van der Waals surface area contributed by atoms with Gasteiger partial charge in [0.2, 0.25) is 0 Å². The molecule has 0 aliphatic heterocycles. The molecule has 6 heteroatoms. The number of carbonyl (C=O) groups excluding carboxylic acids is 1. The second-order valence-electron chi connectivity index (χ2n) is 4.85. The fourth-order valence-corrected chi connectivity index (χ4v) is 1.76. The van der Waals surface area contributed by atoms with Crippen LogP contribution in [0.2, 0.25) is 0 Å². The highest BCUT2D eigenvalue weighted by atomic mass is 16.6. The zero-order valence-electron chi connectivity index (χ0n) is 11.8. The number of allylic oxidation sites excluding steroid dienone is 1. The summed E-state index contributed by atoms with van der Waals surface area (Å²) in [5, 5.41) is 14.8. The Balaban J connectivity index is 2.14. The van der Waals surface area contributed by atoms with Crippen LogP contribution >= 0.6 is 0 Å².